The summed E-state index contributed by atoms with van der Waals surface area (Å²) < 4.78 is 28.1. The van der Waals surface area contributed by atoms with Crippen molar-refractivity contribution in [3.8, 4) is 0 Å². The Bertz CT molecular complexity index is 1380. The van der Waals surface area contributed by atoms with Crippen molar-refractivity contribution >= 4 is 38.1 Å². The van der Waals surface area contributed by atoms with Gasteiger partial charge in [0, 0.05) is 29.6 Å². The van der Waals surface area contributed by atoms with E-state index in [0.29, 0.717) is 11.1 Å². The van der Waals surface area contributed by atoms with E-state index in [1.807, 2.05) is 35.2 Å². The molecule has 3 aromatic carbocycles. The summed E-state index contributed by atoms with van der Waals surface area (Å²) in [6.07, 6.45) is 0.878. The minimum Gasteiger partial charge on any atom is -0.307 e. The zero-order valence-electron chi connectivity index (χ0n) is 18.2. The van der Waals surface area contributed by atoms with Crippen LogP contribution in [0.3, 0.4) is 0 Å². The van der Waals surface area contributed by atoms with Gasteiger partial charge in [0.2, 0.25) is 5.91 Å². The van der Waals surface area contributed by atoms with Crippen LogP contribution in [0.15, 0.2) is 59.5 Å². The number of nitrogens with zero attached hydrogens (tertiary/aromatic N) is 3. The number of aryl methyl sites for hydroxylation is 1. The zero-order chi connectivity index (χ0) is 22.2. The van der Waals surface area contributed by atoms with E-state index in [1.165, 1.54) is 15.4 Å². The van der Waals surface area contributed by atoms with Crippen LogP contribution >= 0.6 is 0 Å². The van der Waals surface area contributed by atoms with E-state index in [0.717, 1.165) is 30.6 Å². The normalized spacial score (nSPS) is 23.4. The topological polar surface area (TPSA) is 60.9 Å². The molecule has 3 aliphatic heterocycles. The van der Waals surface area contributed by atoms with E-state index in [-0.39, 0.29) is 29.3 Å². The Kier molecular flexibility index (Phi) is 4.20. The Balaban J connectivity index is 1.40. The molecule has 1 saturated heterocycles. The summed E-state index contributed by atoms with van der Waals surface area (Å²) in [6, 6.07) is 17.2. The van der Waals surface area contributed by atoms with E-state index in [9.17, 15) is 13.2 Å². The summed E-state index contributed by atoms with van der Waals surface area (Å²) in [5.74, 6) is 0.0870. The van der Waals surface area contributed by atoms with Crippen LogP contribution in [0.1, 0.15) is 23.5 Å². The smallest absolute Gasteiger partial charge is 0.265 e. The maximum Gasteiger partial charge on any atom is 0.265 e. The third-order valence-corrected chi connectivity index (χ3v) is 8.98. The van der Waals surface area contributed by atoms with Crippen molar-refractivity contribution in [2.75, 3.05) is 35.9 Å². The van der Waals surface area contributed by atoms with Crippen molar-refractivity contribution in [2.45, 2.75) is 30.2 Å². The summed E-state index contributed by atoms with van der Waals surface area (Å²) in [4.78, 5) is 18.2. The number of likely N-dealkylation sites (tertiary alicyclic amines) is 1. The highest BCUT2D eigenvalue weighted by Crippen LogP contribution is 2.46. The predicted molar refractivity (Wildman–Crippen MR) is 126 cm³/mol. The Morgan fingerprint density at radius 1 is 1.06 bits per heavy atom. The van der Waals surface area contributed by atoms with Crippen LogP contribution in [0.4, 0.5) is 11.4 Å². The van der Waals surface area contributed by atoms with E-state index in [2.05, 4.69) is 24.9 Å². The second-order valence-electron chi connectivity index (χ2n) is 9.19. The van der Waals surface area contributed by atoms with Crippen LogP contribution in [-0.4, -0.2) is 51.9 Å². The number of hydrogen-bond donors (Lipinski definition) is 0. The van der Waals surface area contributed by atoms with Gasteiger partial charge in [0.15, 0.2) is 0 Å². The van der Waals surface area contributed by atoms with Crippen LogP contribution in [-0.2, 0) is 14.8 Å². The lowest BCUT2D eigenvalue weighted by Gasteiger charge is -2.37. The fourth-order valence-corrected chi connectivity index (χ4v) is 7.39. The molecule has 0 bridgehead atoms. The van der Waals surface area contributed by atoms with Gasteiger partial charge in [0.25, 0.3) is 10.0 Å². The van der Waals surface area contributed by atoms with Crippen molar-refractivity contribution in [3.63, 3.8) is 0 Å². The first-order valence-corrected chi connectivity index (χ1v) is 12.5. The molecule has 6 nitrogen and oxygen atoms in total. The monoisotopic (exact) mass is 447 g/mol. The van der Waals surface area contributed by atoms with Gasteiger partial charge in [-0.3, -0.25) is 9.10 Å². The summed E-state index contributed by atoms with van der Waals surface area (Å²) >= 11 is 0. The average molecular weight is 448 g/mol. The fraction of sp³-hybridized carbons (Fsp3) is 0.320. The molecule has 7 heteroatoms. The Labute approximate surface area is 188 Å². The molecule has 0 radical (unpaired) electrons. The van der Waals surface area contributed by atoms with Crippen LogP contribution in [0.5, 0.6) is 0 Å². The standard InChI is InChI=1S/C25H25N3O3S/c1-16-9-10-20-18(13-16)19-14-26(2)12-11-21(19)28(20)24(29)15-27-22-7-3-5-17-6-4-8-23(25(17)22)32(27,30)31/h3-10,13,19,21H,11-12,14-15H2,1-2H3/t19-,21+/m0/s1. The number of hydrogen-bond acceptors (Lipinski definition) is 4. The van der Waals surface area contributed by atoms with Gasteiger partial charge in [-0.25, -0.2) is 8.42 Å². The highest BCUT2D eigenvalue weighted by atomic mass is 32.2. The Hall–Kier alpha value is -2.90. The fourth-order valence-electron chi connectivity index (χ4n) is 5.73. The molecule has 3 heterocycles. The lowest BCUT2D eigenvalue weighted by atomic mass is 9.89. The number of anilines is 2. The van der Waals surface area contributed by atoms with Crippen LogP contribution in [0, 0.1) is 6.92 Å². The molecule has 2 atom stereocenters. The van der Waals surface area contributed by atoms with Crippen molar-refractivity contribution in [1.82, 2.24) is 4.90 Å². The van der Waals surface area contributed by atoms with Gasteiger partial charge in [0.05, 0.1) is 10.6 Å². The highest BCUT2D eigenvalue weighted by Gasteiger charge is 2.45. The van der Waals surface area contributed by atoms with E-state index in [1.54, 1.807) is 18.2 Å². The molecule has 0 aliphatic carbocycles. The zero-order valence-corrected chi connectivity index (χ0v) is 19.0. The minimum absolute atomic E-state index is 0.0685. The summed E-state index contributed by atoms with van der Waals surface area (Å²) in [6.45, 7) is 3.70. The average Bonchev–Trinajstić information content (AvgIpc) is 3.19. The number of amides is 1. The third kappa shape index (κ3) is 2.67. The number of piperidine rings is 1. The largest absolute Gasteiger partial charge is 0.307 e. The van der Waals surface area contributed by atoms with Crippen LogP contribution in [0.2, 0.25) is 0 Å². The maximum absolute atomic E-state index is 13.7. The van der Waals surface area contributed by atoms with Crippen LogP contribution < -0.4 is 9.21 Å². The number of sulfonamides is 1. The van der Waals surface area contributed by atoms with Gasteiger partial charge in [-0.15, -0.1) is 0 Å². The predicted octanol–water partition coefficient (Wildman–Crippen LogP) is 3.49. The van der Waals surface area contributed by atoms with Crippen LogP contribution in [0.25, 0.3) is 10.8 Å². The maximum atomic E-state index is 13.7. The summed E-state index contributed by atoms with van der Waals surface area (Å²) in [5.41, 5.74) is 3.90. The molecule has 0 aromatic heterocycles. The molecule has 1 amide bonds. The molecule has 0 saturated carbocycles. The number of rotatable bonds is 2. The molecule has 0 unspecified atom stereocenters. The number of likely N-dealkylation sites (N-methyl/N-ethyl adjacent to an activating group) is 1. The molecular formula is C25H25N3O3S. The SMILES string of the molecule is Cc1ccc2c(c1)[C@@H]1CN(C)CC[C@H]1N2C(=O)CN1c2cccc3cccc(c23)S1(=O)=O. The van der Waals surface area contributed by atoms with Gasteiger partial charge in [-0.1, -0.05) is 42.0 Å². The first kappa shape index (κ1) is 19.8. The third-order valence-electron chi connectivity index (χ3n) is 7.18. The van der Waals surface area contributed by atoms with E-state index >= 15 is 0 Å². The Morgan fingerprint density at radius 3 is 2.66 bits per heavy atom. The highest BCUT2D eigenvalue weighted by molar-refractivity contribution is 7.93. The quantitative estimate of drug-likeness (QED) is 0.603. The summed E-state index contributed by atoms with van der Waals surface area (Å²) in [5, 5.41) is 1.58. The first-order chi connectivity index (χ1) is 15.4. The number of carbonyl (C=O) groups excluding carboxylic acids is 1. The molecule has 32 heavy (non-hydrogen) atoms. The summed E-state index contributed by atoms with van der Waals surface area (Å²) in [7, 11) is -1.65. The van der Waals surface area contributed by atoms with E-state index < -0.39 is 10.0 Å². The van der Waals surface area contributed by atoms with E-state index in [4.69, 9.17) is 0 Å². The molecule has 6 rings (SSSR count). The second kappa shape index (κ2) is 6.80. The number of benzene rings is 3. The molecule has 164 valence electrons. The lowest BCUT2D eigenvalue weighted by molar-refractivity contribution is -0.117. The van der Waals surface area contributed by atoms with Gasteiger partial charge < -0.3 is 9.80 Å². The molecule has 3 aromatic rings. The first-order valence-electron chi connectivity index (χ1n) is 11.0. The van der Waals surface area contributed by atoms with Crippen molar-refractivity contribution in [3.05, 3.63) is 65.7 Å². The van der Waals surface area contributed by atoms with Gasteiger partial charge in [-0.05, 0) is 56.1 Å². The molecular weight excluding hydrogens is 422 g/mol. The number of carbonyl (C=O) groups is 1. The second-order valence-corrected chi connectivity index (χ2v) is 11.0. The minimum atomic E-state index is -3.77. The van der Waals surface area contributed by atoms with Gasteiger partial charge in [0.1, 0.15) is 6.54 Å². The van der Waals surface area contributed by atoms with Crippen molar-refractivity contribution in [2.24, 2.45) is 0 Å². The molecule has 1 fully saturated rings. The molecule has 0 spiro atoms. The van der Waals surface area contributed by atoms with Crippen molar-refractivity contribution in [1.29, 1.82) is 0 Å². The van der Waals surface area contributed by atoms with Gasteiger partial charge >= 0.3 is 0 Å². The Morgan fingerprint density at radius 2 is 1.84 bits per heavy atom. The molecule has 3 aliphatic rings. The lowest BCUT2D eigenvalue weighted by Crippen LogP contribution is -2.50. The van der Waals surface area contributed by atoms with Crippen molar-refractivity contribution < 1.29 is 13.2 Å². The number of fused-ring (bicyclic) bond motifs is 3. The molecule has 0 N–H and O–H groups in total. The van der Waals surface area contributed by atoms with Gasteiger partial charge in [-0.2, -0.15) is 0 Å².